The zero-order valence-electron chi connectivity index (χ0n) is 18.5. The van der Waals surface area contributed by atoms with Gasteiger partial charge in [-0.3, -0.25) is 9.59 Å². The first-order valence-corrected chi connectivity index (χ1v) is 12.5. The number of rotatable bonds is 7. The van der Waals surface area contributed by atoms with E-state index >= 15 is 0 Å². The molecule has 1 aromatic carbocycles. The molecular weight excluding hydrogens is 523 g/mol. The predicted molar refractivity (Wildman–Crippen MR) is 130 cm³/mol. The summed E-state index contributed by atoms with van der Waals surface area (Å²) in [6, 6.07) is 6.99. The molecule has 3 rings (SSSR count). The topological polar surface area (TPSA) is 99.1 Å². The van der Waals surface area contributed by atoms with Crippen molar-refractivity contribution in [1.82, 2.24) is 10.2 Å². The van der Waals surface area contributed by atoms with Crippen molar-refractivity contribution in [2.45, 2.75) is 76.2 Å². The molecule has 0 radical (unpaired) electrons. The summed E-state index contributed by atoms with van der Waals surface area (Å²) < 4.78 is 7.05. The van der Waals surface area contributed by atoms with Crippen LogP contribution >= 0.6 is 22.6 Å². The number of nitrogens with one attached hydrogen (secondary N) is 1. The molecule has 0 heterocycles. The number of carbonyl (C=O) groups is 2. The smallest absolute Gasteiger partial charge is 0.247 e. The molecule has 2 aliphatic rings. The Balaban J connectivity index is 1.92. The molecule has 2 amide bonds. The van der Waals surface area contributed by atoms with Crippen molar-refractivity contribution in [2.24, 2.45) is 0 Å². The first-order chi connectivity index (χ1) is 15.4. The maximum absolute atomic E-state index is 12.8. The summed E-state index contributed by atoms with van der Waals surface area (Å²) in [5, 5.41) is 23.1. The van der Waals surface area contributed by atoms with E-state index in [4.69, 9.17) is 9.84 Å². The van der Waals surface area contributed by atoms with E-state index in [1.165, 1.54) is 6.92 Å². The van der Waals surface area contributed by atoms with E-state index in [2.05, 4.69) is 27.9 Å². The molecule has 0 saturated heterocycles. The number of ether oxygens (including phenoxy) is 1. The van der Waals surface area contributed by atoms with Crippen molar-refractivity contribution in [1.29, 1.82) is 0 Å². The second-order valence-corrected chi connectivity index (χ2v) is 9.68. The number of nitrogens with zero attached hydrogens (tertiary/aromatic N) is 1. The number of para-hydroxylation sites is 1. The minimum absolute atomic E-state index is 0.0482. The van der Waals surface area contributed by atoms with Crippen molar-refractivity contribution in [2.75, 3.05) is 13.2 Å². The van der Waals surface area contributed by atoms with Gasteiger partial charge in [0.2, 0.25) is 11.8 Å². The van der Waals surface area contributed by atoms with Crippen LogP contribution in [0.1, 0.15) is 51.9 Å². The first kappa shape index (κ1) is 25.0. The van der Waals surface area contributed by atoms with Crippen molar-refractivity contribution >= 4 is 34.4 Å². The average molecular weight is 556 g/mol. The third kappa shape index (κ3) is 6.23. The summed E-state index contributed by atoms with van der Waals surface area (Å²) in [5.41, 5.74) is 0.463. The van der Waals surface area contributed by atoms with Crippen LogP contribution in [0.2, 0.25) is 0 Å². The van der Waals surface area contributed by atoms with Crippen LogP contribution in [0.3, 0.4) is 0 Å². The number of aliphatic hydroxyl groups excluding tert-OH is 2. The molecule has 0 bridgehead atoms. The number of benzene rings is 1. The SMILES string of the molecule is CC(=O)N(C1CCCCCC1)[C@@H]1CC(C(=O)NCCO)=C[C@H](Oc2ccccc2I)[C@H]1O. The highest BCUT2D eigenvalue weighted by Gasteiger charge is 2.42. The highest BCUT2D eigenvalue weighted by molar-refractivity contribution is 14.1. The quantitative estimate of drug-likeness (QED) is 0.355. The molecule has 176 valence electrons. The number of hydrogen-bond acceptors (Lipinski definition) is 5. The molecule has 2 aliphatic carbocycles. The van der Waals surface area contributed by atoms with Gasteiger partial charge >= 0.3 is 0 Å². The van der Waals surface area contributed by atoms with Crippen molar-refractivity contribution < 1.29 is 24.5 Å². The van der Waals surface area contributed by atoms with Crippen LogP contribution in [-0.4, -0.2) is 64.4 Å². The molecule has 0 unspecified atom stereocenters. The maximum atomic E-state index is 12.8. The molecule has 7 nitrogen and oxygen atoms in total. The van der Waals surface area contributed by atoms with Gasteiger partial charge in [-0.2, -0.15) is 0 Å². The molecule has 1 aromatic rings. The third-order valence-electron chi connectivity index (χ3n) is 6.25. The number of carbonyl (C=O) groups excluding carboxylic acids is 2. The summed E-state index contributed by atoms with van der Waals surface area (Å²) in [6.07, 6.45) is 6.40. The van der Waals surface area contributed by atoms with Crippen molar-refractivity contribution in [3.63, 3.8) is 0 Å². The van der Waals surface area contributed by atoms with E-state index in [0.29, 0.717) is 11.3 Å². The van der Waals surface area contributed by atoms with E-state index in [1.54, 1.807) is 11.0 Å². The molecule has 1 fully saturated rings. The van der Waals surface area contributed by atoms with Gasteiger partial charge in [0.25, 0.3) is 0 Å². The van der Waals surface area contributed by atoms with Gasteiger partial charge in [-0.15, -0.1) is 0 Å². The van der Waals surface area contributed by atoms with Crippen LogP contribution in [0.5, 0.6) is 5.75 Å². The normalized spacial score (nSPS) is 24.2. The summed E-state index contributed by atoms with van der Waals surface area (Å²) in [6.45, 7) is 1.52. The molecule has 32 heavy (non-hydrogen) atoms. The highest BCUT2D eigenvalue weighted by atomic mass is 127. The lowest BCUT2D eigenvalue weighted by atomic mass is 9.86. The van der Waals surface area contributed by atoms with Gasteiger partial charge in [0, 0.05) is 31.5 Å². The maximum Gasteiger partial charge on any atom is 0.247 e. The zero-order valence-corrected chi connectivity index (χ0v) is 20.7. The fourth-order valence-corrected chi connectivity index (χ4v) is 5.25. The van der Waals surface area contributed by atoms with E-state index in [1.807, 2.05) is 24.3 Å². The summed E-state index contributed by atoms with van der Waals surface area (Å²) in [5.74, 6) is 0.218. The number of aliphatic hydroxyl groups is 2. The highest BCUT2D eigenvalue weighted by Crippen LogP contribution is 2.33. The van der Waals surface area contributed by atoms with Gasteiger partial charge < -0.3 is 25.2 Å². The molecule has 0 aliphatic heterocycles. The third-order valence-corrected chi connectivity index (χ3v) is 7.14. The van der Waals surface area contributed by atoms with Crippen LogP contribution in [0.25, 0.3) is 0 Å². The lowest BCUT2D eigenvalue weighted by Crippen LogP contribution is -2.57. The van der Waals surface area contributed by atoms with Crippen molar-refractivity contribution in [3.8, 4) is 5.75 Å². The lowest BCUT2D eigenvalue weighted by molar-refractivity contribution is -0.140. The molecular formula is C24H33IN2O5. The monoisotopic (exact) mass is 556 g/mol. The van der Waals surface area contributed by atoms with Crippen molar-refractivity contribution in [3.05, 3.63) is 39.5 Å². The zero-order chi connectivity index (χ0) is 23.1. The second kappa shape index (κ2) is 12.0. The fourth-order valence-electron chi connectivity index (χ4n) is 4.73. The molecule has 0 aromatic heterocycles. The average Bonchev–Trinajstić information content (AvgIpc) is 3.05. The fraction of sp³-hybridized carbons (Fsp3) is 0.583. The van der Waals surface area contributed by atoms with E-state index in [0.717, 1.165) is 42.1 Å². The van der Waals surface area contributed by atoms with Crippen LogP contribution in [0.4, 0.5) is 0 Å². The first-order valence-electron chi connectivity index (χ1n) is 11.4. The standard InChI is InChI=1S/C24H33IN2O5/c1-16(29)27(18-8-4-2-3-5-9-18)20-14-17(24(31)26-12-13-28)15-22(23(20)30)32-21-11-7-6-10-19(21)25/h6-7,10-11,15,18,20,22-23,28,30H,2-5,8-9,12-14H2,1H3,(H,26,31)/t20-,22+,23+/m1/s1. The van der Waals surface area contributed by atoms with Crippen LogP contribution in [0.15, 0.2) is 35.9 Å². The Bertz CT molecular complexity index is 822. The number of halogens is 1. The Morgan fingerprint density at radius 3 is 2.50 bits per heavy atom. The largest absolute Gasteiger partial charge is 0.482 e. The van der Waals surface area contributed by atoms with Crippen LogP contribution < -0.4 is 10.1 Å². The van der Waals surface area contributed by atoms with E-state index in [9.17, 15) is 14.7 Å². The lowest BCUT2D eigenvalue weighted by Gasteiger charge is -2.43. The Hall–Kier alpha value is -1.65. The minimum atomic E-state index is -0.965. The molecule has 3 atom stereocenters. The minimum Gasteiger partial charge on any atom is -0.482 e. The van der Waals surface area contributed by atoms with Gasteiger partial charge in [-0.05, 0) is 53.6 Å². The second-order valence-electron chi connectivity index (χ2n) is 8.52. The Morgan fingerprint density at radius 1 is 1.19 bits per heavy atom. The van der Waals surface area contributed by atoms with Gasteiger partial charge in [-0.25, -0.2) is 0 Å². The van der Waals surface area contributed by atoms with Gasteiger partial charge in [-0.1, -0.05) is 37.8 Å². The Morgan fingerprint density at radius 2 is 1.88 bits per heavy atom. The summed E-state index contributed by atoms with van der Waals surface area (Å²) in [4.78, 5) is 27.4. The van der Waals surface area contributed by atoms with Gasteiger partial charge in [0.15, 0.2) is 0 Å². The van der Waals surface area contributed by atoms with Crippen LogP contribution in [0, 0.1) is 3.57 Å². The number of hydrogen-bond donors (Lipinski definition) is 3. The summed E-state index contributed by atoms with van der Waals surface area (Å²) >= 11 is 2.17. The van der Waals surface area contributed by atoms with E-state index < -0.39 is 18.2 Å². The number of amides is 2. The van der Waals surface area contributed by atoms with Gasteiger partial charge in [0.05, 0.1) is 16.2 Å². The molecule has 1 saturated carbocycles. The van der Waals surface area contributed by atoms with Gasteiger partial charge in [0.1, 0.15) is 18.0 Å². The van der Waals surface area contributed by atoms with E-state index in [-0.39, 0.29) is 37.4 Å². The Labute approximate surface area is 203 Å². The van der Waals surface area contributed by atoms with Crippen LogP contribution in [-0.2, 0) is 9.59 Å². The predicted octanol–water partition coefficient (Wildman–Crippen LogP) is 2.78. The summed E-state index contributed by atoms with van der Waals surface area (Å²) in [7, 11) is 0. The molecule has 3 N–H and O–H groups in total. The molecule has 8 heteroatoms. The molecule has 0 spiro atoms. The Kier molecular flexibility index (Phi) is 9.36.